The molecule has 45 valence electrons. The number of hydrogen-bond donors (Lipinski definition) is 1. The molecular weight excluding hydrogens is 241 g/mol. The van der Waals surface area contributed by atoms with Crippen molar-refractivity contribution < 1.29 is 46.4 Å². The molecule has 0 aliphatic heterocycles. The van der Waals surface area contributed by atoms with E-state index in [1.54, 1.807) is 6.07 Å². The molecular formula is C7H8OPr. The summed E-state index contributed by atoms with van der Waals surface area (Å²) in [5.41, 5.74) is 0.924. The second kappa shape index (κ2) is 4.24. The third kappa shape index (κ3) is 2.64. The van der Waals surface area contributed by atoms with Crippen molar-refractivity contribution in [3.63, 3.8) is 0 Å². The summed E-state index contributed by atoms with van der Waals surface area (Å²) in [7, 11) is 0. The van der Waals surface area contributed by atoms with Gasteiger partial charge in [-0.3, -0.25) is 0 Å². The normalized spacial score (nSPS) is 8.11. The number of rotatable bonds is 0. The van der Waals surface area contributed by atoms with Crippen LogP contribution in [0.4, 0.5) is 0 Å². The van der Waals surface area contributed by atoms with Gasteiger partial charge in [-0.25, -0.2) is 0 Å². The minimum Gasteiger partial charge on any atom is -0.508 e. The summed E-state index contributed by atoms with van der Waals surface area (Å²) in [6.45, 7) is 1.87. The zero-order valence-corrected chi connectivity index (χ0v) is 9.04. The van der Waals surface area contributed by atoms with E-state index in [0.717, 1.165) is 5.56 Å². The van der Waals surface area contributed by atoms with E-state index in [4.69, 9.17) is 5.11 Å². The van der Waals surface area contributed by atoms with Crippen molar-refractivity contribution in [3.8, 4) is 5.75 Å². The average Bonchev–Trinajstić information content (AvgIpc) is 1.77. The Morgan fingerprint density at radius 3 is 2.11 bits per heavy atom. The smallest absolute Gasteiger partial charge is 0.118 e. The molecule has 1 aromatic rings. The van der Waals surface area contributed by atoms with Crippen LogP contribution in [0, 0.1) is 48.2 Å². The Bertz CT molecular complexity index is 165. The van der Waals surface area contributed by atoms with Gasteiger partial charge in [0.1, 0.15) is 5.75 Å². The molecule has 0 aliphatic carbocycles. The van der Waals surface area contributed by atoms with Gasteiger partial charge in [-0.15, -0.1) is 0 Å². The van der Waals surface area contributed by atoms with Crippen LogP contribution in [0.15, 0.2) is 24.3 Å². The van der Waals surface area contributed by atoms with Crippen LogP contribution in [0.1, 0.15) is 5.56 Å². The van der Waals surface area contributed by atoms with Gasteiger partial charge in [-0.2, -0.15) is 0 Å². The van der Waals surface area contributed by atoms with Gasteiger partial charge in [0, 0.05) is 41.3 Å². The summed E-state index contributed by atoms with van der Waals surface area (Å²) in [4.78, 5) is 0. The van der Waals surface area contributed by atoms with E-state index in [1.165, 1.54) is 0 Å². The molecule has 0 aromatic heterocycles. The Labute approximate surface area is 88.0 Å². The topological polar surface area (TPSA) is 20.2 Å². The first-order chi connectivity index (χ1) is 3.80. The van der Waals surface area contributed by atoms with Gasteiger partial charge in [0.05, 0.1) is 0 Å². The van der Waals surface area contributed by atoms with Crippen molar-refractivity contribution in [2.24, 2.45) is 0 Å². The van der Waals surface area contributed by atoms with Crippen LogP contribution in [0.3, 0.4) is 0 Å². The molecule has 0 aliphatic rings. The van der Waals surface area contributed by atoms with Crippen LogP contribution < -0.4 is 0 Å². The maximum absolute atomic E-state index is 8.92. The molecule has 0 bridgehead atoms. The molecule has 0 amide bonds. The SMILES string of the molecule is Cc1ccccc1O.[Pr]. The third-order valence-corrected chi connectivity index (χ3v) is 1.12. The largest absolute Gasteiger partial charge is 0.508 e. The summed E-state index contributed by atoms with van der Waals surface area (Å²) in [5, 5.41) is 8.92. The minimum atomic E-state index is 0. The third-order valence-electron chi connectivity index (χ3n) is 1.12. The Hall–Kier alpha value is 0.384. The van der Waals surface area contributed by atoms with Crippen LogP contribution >= 0.6 is 0 Å². The molecule has 0 heterocycles. The number of benzene rings is 1. The maximum atomic E-state index is 8.92. The molecule has 0 saturated carbocycles. The fourth-order valence-corrected chi connectivity index (χ4v) is 0.563. The molecule has 0 spiro atoms. The van der Waals surface area contributed by atoms with E-state index in [0.29, 0.717) is 5.75 Å². The molecule has 0 saturated heterocycles. The van der Waals surface area contributed by atoms with Crippen LogP contribution in [0.2, 0.25) is 0 Å². The van der Waals surface area contributed by atoms with Gasteiger partial charge in [-0.1, -0.05) is 18.2 Å². The number of aromatic hydroxyl groups is 1. The number of hydrogen-bond acceptors (Lipinski definition) is 1. The molecule has 1 aromatic carbocycles. The summed E-state index contributed by atoms with van der Waals surface area (Å²) in [6.07, 6.45) is 0. The summed E-state index contributed by atoms with van der Waals surface area (Å²) >= 11 is 0. The predicted octanol–water partition coefficient (Wildman–Crippen LogP) is 1.70. The molecule has 0 unspecified atom stereocenters. The van der Waals surface area contributed by atoms with E-state index in [-0.39, 0.29) is 41.3 Å². The first kappa shape index (κ1) is 9.38. The fraction of sp³-hybridized carbons (Fsp3) is 0.143. The van der Waals surface area contributed by atoms with Gasteiger partial charge in [0.15, 0.2) is 0 Å². The van der Waals surface area contributed by atoms with Crippen molar-refractivity contribution in [2.45, 2.75) is 6.92 Å². The fourth-order valence-electron chi connectivity index (χ4n) is 0.563. The van der Waals surface area contributed by atoms with Crippen molar-refractivity contribution in [1.29, 1.82) is 0 Å². The molecule has 0 fully saturated rings. The van der Waals surface area contributed by atoms with Gasteiger partial charge < -0.3 is 5.11 Å². The van der Waals surface area contributed by atoms with Crippen molar-refractivity contribution in [1.82, 2.24) is 0 Å². The first-order valence-corrected chi connectivity index (χ1v) is 2.55. The molecule has 1 nitrogen and oxygen atoms in total. The monoisotopic (exact) mass is 249 g/mol. The van der Waals surface area contributed by atoms with Gasteiger partial charge >= 0.3 is 0 Å². The van der Waals surface area contributed by atoms with E-state index >= 15 is 0 Å². The summed E-state index contributed by atoms with van der Waals surface area (Å²) in [6, 6.07) is 7.25. The Morgan fingerprint density at radius 2 is 1.78 bits per heavy atom. The Balaban J connectivity index is 0.000000640. The van der Waals surface area contributed by atoms with Crippen molar-refractivity contribution in [3.05, 3.63) is 29.8 Å². The molecule has 1 N–H and O–H groups in total. The Kier molecular flexibility index (Phi) is 4.42. The molecule has 1 radical (unpaired) electrons. The molecule has 2 heteroatoms. The van der Waals surface area contributed by atoms with E-state index < -0.39 is 0 Å². The standard InChI is InChI=1S/C7H8O.Pr/c1-6-4-2-3-5-7(6)8;/h2-5,8H,1H3;. The summed E-state index contributed by atoms with van der Waals surface area (Å²) in [5.74, 6) is 0.368. The number of phenolic OH excluding ortho intramolecular Hbond substituents is 1. The average molecular weight is 249 g/mol. The van der Waals surface area contributed by atoms with E-state index in [9.17, 15) is 0 Å². The van der Waals surface area contributed by atoms with Gasteiger partial charge in [-0.05, 0) is 18.6 Å². The van der Waals surface area contributed by atoms with Gasteiger partial charge in [0.25, 0.3) is 0 Å². The zero-order valence-electron chi connectivity index (χ0n) is 5.33. The van der Waals surface area contributed by atoms with Crippen LogP contribution in [0.5, 0.6) is 5.75 Å². The van der Waals surface area contributed by atoms with E-state index in [2.05, 4.69) is 0 Å². The number of aryl methyl sites for hydroxylation is 1. The second-order valence-corrected chi connectivity index (χ2v) is 1.79. The van der Waals surface area contributed by atoms with Gasteiger partial charge in [0.2, 0.25) is 0 Å². The van der Waals surface area contributed by atoms with E-state index in [1.807, 2.05) is 25.1 Å². The van der Waals surface area contributed by atoms with Crippen LogP contribution in [0.25, 0.3) is 0 Å². The molecule has 9 heavy (non-hydrogen) atoms. The predicted molar refractivity (Wildman–Crippen MR) is 32.8 cm³/mol. The Morgan fingerprint density at radius 1 is 1.22 bits per heavy atom. The molecule has 0 atom stereocenters. The maximum Gasteiger partial charge on any atom is 0.118 e. The second-order valence-electron chi connectivity index (χ2n) is 1.79. The quantitative estimate of drug-likeness (QED) is 0.741. The minimum absolute atomic E-state index is 0. The van der Waals surface area contributed by atoms with Crippen molar-refractivity contribution in [2.75, 3.05) is 0 Å². The summed E-state index contributed by atoms with van der Waals surface area (Å²) < 4.78 is 0. The first-order valence-electron chi connectivity index (χ1n) is 2.55. The van der Waals surface area contributed by atoms with Crippen LogP contribution in [-0.4, -0.2) is 5.11 Å². The number of phenols is 1. The molecule has 1 rings (SSSR count). The van der Waals surface area contributed by atoms with Crippen LogP contribution in [-0.2, 0) is 0 Å². The zero-order chi connectivity index (χ0) is 5.98. The number of para-hydroxylation sites is 1. The van der Waals surface area contributed by atoms with Crippen molar-refractivity contribution >= 4 is 0 Å².